The molecule has 0 aromatic carbocycles. The van der Waals surface area contributed by atoms with Gasteiger partial charge in [-0.2, -0.15) is 0 Å². The van der Waals surface area contributed by atoms with Crippen molar-refractivity contribution in [1.29, 1.82) is 0 Å². The van der Waals surface area contributed by atoms with Gasteiger partial charge in [0, 0.05) is 5.54 Å². The van der Waals surface area contributed by atoms with E-state index >= 15 is 0 Å². The normalized spacial score (nSPS) is 14.2. The molecule has 0 aromatic heterocycles. The van der Waals surface area contributed by atoms with Gasteiger partial charge in [-0.1, -0.05) is 0 Å². The van der Waals surface area contributed by atoms with Crippen LogP contribution in [-0.4, -0.2) is 52.2 Å². The van der Waals surface area contributed by atoms with Gasteiger partial charge in [0.25, 0.3) is 0 Å². The molecule has 0 aliphatic carbocycles. The van der Waals surface area contributed by atoms with Gasteiger partial charge in [0.2, 0.25) is 0 Å². The molecule has 9 heteroatoms. The third-order valence-electron chi connectivity index (χ3n) is 2.10. The maximum Gasteiger partial charge on any atom is 1.00 e. The van der Waals surface area contributed by atoms with Crippen molar-refractivity contribution in [3.05, 3.63) is 0 Å². The zero-order valence-corrected chi connectivity index (χ0v) is 15.9. The fraction of sp³-hybridized carbons (Fsp3) is 0.909. The predicted octanol–water partition coefficient (Wildman–Crippen LogP) is -2.11. The molecule has 1 unspecified atom stereocenters. The first-order valence-electron chi connectivity index (χ1n) is 5.78. The second-order valence-electron chi connectivity index (χ2n) is 6.21. The van der Waals surface area contributed by atoms with Gasteiger partial charge in [-0.15, -0.1) is 0 Å². The number of ether oxygens (including phenoxy) is 1. The Labute approximate surface area is 142 Å². The molecule has 0 rings (SSSR count). The van der Waals surface area contributed by atoms with E-state index in [1.54, 1.807) is 41.5 Å². The van der Waals surface area contributed by atoms with E-state index in [2.05, 4.69) is 0 Å². The number of aliphatic hydroxyl groups is 1. The fourth-order valence-corrected chi connectivity index (χ4v) is 1.52. The molecule has 0 aliphatic rings. The summed E-state index contributed by atoms with van der Waals surface area (Å²) >= 11 is 0. The van der Waals surface area contributed by atoms with E-state index in [4.69, 9.17) is 4.74 Å². The van der Waals surface area contributed by atoms with E-state index in [-0.39, 0.29) is 29.6 Å². The molecule has 114 valence electrons. The van der Waals surface area contributed by atoms with E-state index in [0.717, 1.165) is 4.90 Å². The van der Waals surface area contributed by atoms with Gasteiger partial charge in [-0.25, -0.2) is 13.2 Å². The number of carbonyl (C=O) groups is 1. The summed E-state index contributed by atoms with van der Waals surface area (Å²) in [7, 11) is -4.88. The van der Waals surface area contributed by atoms with Crippen LogP contribution in [0.25, 0.3) is 0 Å². The molecular formula is C11H22NNaO6S. The Kier molecular flexibility index (Phi) is 8.32. The Morgan fingerprint density at radius 1 is 1.25 bits per heavy atom. The number of β-amino-alcohol motifs (C(OH)–C–C–N with tert-alkyl or cyclic N) is 1. The van der Waals surface area contributed by atoms with Gasteiger partial charge in [-0.05, 0) is 41.5 Å². The van der Waals surface area contributed by atoms with Crippen molar-refractivity contribution in [2.24, 2.45) is 0 Å². The standard InChI is InChI=1S/C11H23NO6S.Na/c1-10(2,3)12(7-8(13)19(15,16)17)9(14)18-11(4,5)6;/h8,13H,7H2,1-6H3,(H,15,16,17);/q;+1/p-1. The third-order valence-corrected chi connectivity index (χ3v) is 2.91. The van der Waals surface area contributed by atoms with E-state index in [9.17, 15) is 22.9 Å². The van der Waals surface area contributed by atoms with Crippen molar-refractivity contribution in [2.75, 3.05) is 6.54 Å². The first-order valence-corrected chi connectivity index (χ1v) is 7.25. The zero-order valence-electron chi connectivity index (χ0n) is 13.1. The van der Waals surface area contributed by atoms with Crippen LogP contribution in [0, 0.1) is 0 Å². The molecule has 0 spiro atoms. The molecule has 0 saturated heterocycles. The largest absolute Gasteiger partial charge is 1.00 e. The van der Waals surface area contributed by atoms with Crippen LogP contribution >= 0.6 is 0 Å². The van der Waals surface area contributed by atoms with Crippen LogP contribution in [0.2, 0.25) is 0 Å². The molecule has 0 aromatic rings. The molecule has 0 radical (unpaired) electrons. The average Bonchev–Trinajstić information content (AvgIpc) is 2.06. The maximum atomic E-state index is 12.0. The van der Waals surface area contributed by atoms with E-state index in [1.165, 1.54) is 0 Å². The molecule has 1 atom stereocenters. The molecule has 1 amide bonds. The Bertz CT molecular complexity index is 423. The van der Waals surface area contributed by atoms with Crippen molar-refractivity contribution in [1.82, 2.24) is 4.90 Å². The van der Waals surface area contributed by atoms with Gasteiger partial charge < -0.3 is 14.4 Å². The summed E-state index contributed by atoms with van der Waals surface area (Å²) in [4.78, 5) is 13.0. The molecule has 1 N–H and O–H groups in total. The molecule has 0 bridgehead atoms. The zero-order chi connectivity index (χ0) is 15.6. The van der Waals surface area contributed by atoms with Crippen LogP contribution in [0.4, 0.5) is 4.79 Å². The number of hydrogen-bond donors (Lipinski definition) is 1. The van der Waals surface area contributed by atoms with Crippen LogP contribution in [0.15, 0.2) is 0 Å². The minimum atomic E-state index is -4.88. The van der Waals surface area contributed by atoms with Crippen molar-refractivity contribution in [2.45, 2.75) is 58.1 Å². The predicted molar refractivity (Wildman–Crippen MR) is 68.4 cm³/mol. The molecule has 20 heavy (non-hydrogen) atoms. The number of carbonyl (C=O) groups excluding carboxylic acids is 1. The number of amides is 1. The monoisotopic (exact) mass is 319 g/mol. The third kappa shape index (κ3) is 8.43. The first kappa shape index (κ1) is 22.4. The van der Waals surface area contributed by atoms with Crippen LogP contribution in [0.3, 0.4) is 0 Å². The Morgan fingerprint density at radius 2 is 1.65 bits per heavy atom. The fourth-order valence-electron chi connectivity index (χ4n) is 1.19. The first-order chi connectivity index (χ1) is 8.14. The molecular weight excluding hydrogens is 297 g/mol. The minimum absolute atomic E-state index is 0. The van der Waals surface area contributed by atoms with E-state index in [0.29, 0.717) is 0 Å². The minimum Gasteiger partial charge on any atom is -0.746 e. The van der Waals surface area contributed by atoms with Crippen LogP contribution in [-0.2, 0) is 14.9 Å². The Hall–Kier alpha value is 0.140. The number of aliphatic hydroxyl groups excluding tert-OH is 1. The Balaban J connectivity index is 0. The van der Waals surface area contributed by atoms with Crippen molar-refractivity contribution < 1.29 is 57.2 Å². The molecule has 0 aliphatic heterocycles. The second-order valence-corrected chi connectivity index (χ2v) is 7.74. The average molecular weight is 319 g/mol. The van der Waals surface area contributed by atoms with Crippen molar-refractivity contribution in [3.63, 3.8) is 0 Å². The molecule has 7 nitrogen and oxygen atoms in total. The summed E-state index contributed by atoms with van der Waals surface area (Å²) in [5, 5.41) is 9.32. The SMILES string of the molecule is CC(C)(C)OC(=O)N(CC(O)S(=O)(=O)[O-])C(C)(C)C.[Na+]. The number of rotatable bonds is 3. The number of nitrogens with zero attached hydrogens (tertiary/aromatic N) is 1. The topological polar surface area (TPSA) is 107 Å². The second kappa shape index (κ2) is 7.42. The van der Waals surface area contributed by atoms with Crippen molar-refractivity contribution in [3.8, 4) is 0 Å². The van der Waals surface area contributed by atoms with Gasteiger partial charge in [-0.3, -0.25) is 4.90 Å². The number of hydrogen-bond acceptors (Lipinski definition) is 6. The Morgan fingerprint density at radius 3 is 1.90 bits per heavy atom. The summed E-state index contributed by atoms with van der Waals surface area (Å²) in [5.41, 5.74) is -3.74. The van der Waals surface area contributed by atoms with E-state index in [1.807, 2.05) is 0 Å². The summed E-state index contributed by atoms with van der Waals surface area (Å²) in [6.45, 7) is 9.26. The van der Waals surface area contributed by atoms with Crippen LogP contribution in [0.5, 0.6) is 0 Å². The molecule has 0 heterocycles. The quantitative estimate of drug-likeness (QED) is 0.471. The van der Waals surface area contributed by atoms with Gasteiger partial charge in [0.05, 0.1) is 6.54 Å². The summed E-state index contributed by atoms with van der Waals surface area (Å²) in [5.74, 6) is 0. The summed E-state index contributed by atoms with van der Waals surface area (Å²) in [6.07, 6.45) is -0.789. The van der Waals surface area contributed by atoms with Gasteiger partial charge in [0.1, 0.15) is 15.7 Å². The smallest absolute Gasteiger partial charge is 0.746 e. The van der Waals surface area contributed by atoms with Crippen LogP contribution < -0.4 is 29.6 Å². The van der Waals surface area contributed by atoms with Gasteiger partial charge >= 0.3 is 35.7 Å². The molecule has 0 saturated carbocycles. The maximum absolute atomic E-state index is 12.0. The van der Waals surface area contributed by atoms with E-state index < -0.39 is 39.3 Å². The summed E-state index contributed by atoms with van der Waals surface area (Å²) < 4.78 is 37.3. The van der Waals surface area contributed by atoms with Crippen LogP contribution in [0.1, 0.15) is 41.5 Å². The van der Waals surface area contributed by atoms with Gasteiger partial charge in [0.15, 0.2) is 5.44 Å². The summed E-state index contributed by atoms with van der Waals surface area (Å²) in [6, 6.07) is 0. The molecule has 0 fully saturated rings. The van der Waals surface area contributed by atoms with Crippen molar-refractivity contribution >= 4 is 16.2 Å².